The van der Waals surface area contributed by atoms with Crippen LogP contribution in [-0.2, 0) is 4.74 Å². The average molecular weight is 302 g/mol. The summed E-state index contributed by atoms with van der Waals surface area (Å²) in [6.07, 6.45) is 0. The van der Waals surface area contributed by atoms with Gasteiger partial charge in [-0.3, -0.25) is 0 Å². The highest BCUT2D eigenvalue weighted by molar-refractivity contribution is 9.10. The maximum absolute atomic E-state index is 5.69. The van der Waals surface area contributed by atoms with Crippen LogP contribution in [0.5, 0.6) is 0 Å². The van der Waals surface area contributed by atoms with Gasteiger partial charge in [-0.05, 0) is 23.8 Å². The smallest absolute Gasteiger partial charge is 0.216 e. The van der Waals surface area contributed by atoms with Crippen LogP contribution in [0.2, 0.25) is 0 Å². The van der Waals surface area contributed by atoms with Gasteiger partial charge in [0.25, 0.3) is 0 Å². The van der Waals surface area contributed by atoms with Gasteiger partial charge in [-0.15, -0.1) is 0 Å². The molecule has 3 heteroatoms. The van der Waals surface area contributed by atoms with Crippen molar-refractivity contribution in [3.63, 3.8) is 0 Å². The van der Waals surface area contributed by atoms with Crippen molar-refractivity contribution in [2.45, 2.75) is 6.04 Å². The molecule has 1 atom stereocenters. The lowest BCUT2D eigenvalue weighted by atomic mass is 10.1. The van der Waals surface area contributed by atoms with Crippen molar-refractivity contribution < 1.29 is 4.74 Å². The fourth-order valence-electron chi connectivity index (χ4n) is 2.00. The molecule has 0 saturated heterocycles. The van der Waals surface area contributed by atoms with E-state index in [4.69, 9.17) is 4.74 Å². The fourth-order valence-corrected chi connectivity index (χ4v) is 2.40. The third-order valence-corrected chi connectivity index (χ3v) is 3.40. The maximum atomic E-state index is 5.69. The maximum Gasteiger partial charge on any atom is 0.216 e. The molecule has 0 bridgehead atoms. The molecule has 0 saturated carbocycles. The highest BCUT2D eigenvalue weighted by Gasteiger charge is 2.21. The van der Waals surface area contributed by atoms with Crippen LogP contribution in [0, 0.1) is 0 Å². The van der Waals surface area contributed by atoms with Gasteiger partial charge in [0.1, 0.15) is 12.6 Å². The van der Waals surface area contributed by atoms with E-state index in [0.29, 0.717) is 6.61 Å². The monoisotopic (exact) mass is 301 g/mol. The highest BCUT2D eigenvalue weighted by atomic mass is 79.9. The van der Waals surface area contributed by atoms with E-state index in [9.17, 15) is 0 Å². The van der Waals surface area contributed by atoms with Gasteiger partial charge in [-0.1, -0.05) is 52.3 Å². The molecular weight excluding hydrogens is 290 g/mol. The van der Waals surface area contributed by atoms with Gasteiger partial charge in [0, 0.05) is 10.0 Å². The van der Waals surface area contributed by atoms with E-state index in [0.717, 1.165) is 15.9 Å². The summed E-state index contributed by atoms with van der Waals surface area (Å²) in [7, 11) is 0. The Morgan fingerprint density at radius 3 is 2.67 bits per heavy atom. The summed E-state index contributed by atoms with van der Waals surface area (Å²) in [6, 6.07) is 18.4. The molecule has 2 aromatic carbocycles. The molecule has 0 spiro atoms. The first kappa shape index (κ1) is 11.5. The number of ether oxygens (including phenoxy) is 1. The average Bonchev–Trinajstić information content (AvgIpc) is 2.89. The van der Waals surface area contributed by atoms with Gasteiger partial charge >= 0.3 is 0 Å². The first-order chi connectivity index (χ1) is 8.83. The second kappa shape index (κ2) is 4.94. The van der Waals surface area contributed by atoms with Crippen molar-refractivity contribution in [2.75, 3.05) is 6.61 Å². The van der Waals surface area contributed by atoms with Crippen molar-refractivity contribution >= 4 is 21.8 Å². The summed E-state index contributed by atoms with van der Waals surface area (Å²) in [5, 5.41) is 0. The number of hydrogen-bond acceptors (Lipinski definition) is 2. The molecule has 3 rings (SSSR count). The summed E-state index contributed by atoms with van der Waals surface area (Å²) in [6.45, 7) is 0.617. The minimum absolute atomic E-state index is 0.111. The summed E-state index contributed by atoms with van der Waals surface area (Å²) < 4.78 is 6.73. The number of halogens is 1. The predicted octanol–water partition coefficient (Wildman–Crippen LogP) is 3.97. The quantitative estimate of drug-likeness (QED) is 0.822. The van der Waals surface area contributed by atoms with Crippen LogP contribution in [0.4, 0.5) is 0 Å². The zero-order chi connectivity index (χ0) is 12.4. The molecule has 2 aromatic rings. The van der Waals surface area contributed by atoms with Crippen LogP contribution in [0.25, 0.3) is 0 Å². The van der Waals surface area contributed by atoms with Gasteiger partial charge in [0.05, 0.1) is 0 Å². The Labute approximate surface area is 114 Å². The molecule has 0 N–H and O–H groups in total. The molecule has 18 heavy (non-hydrogen) atoms. The molecule has 2 nitrogen and oxygen atoms in total. The van der Waals surface area contributed by atoms with Crippen LogP contribution in [0.15, 0.2) is 64.1 Å². The minimum atomic E-state index is 0.111. The fraction of sp³-hybridized carbons (Fsp3) is 0.133. The van der Waals surface area contributed by atoms with Crippen LogP contribution < -0.4 is 0 Å². The second-order valence-corrected chi connectivity index (χ2v) is 5.10. The third kappa shape index (κ3) is 2.31. The summed E-state index contributed by atoms with van der Waals surface area (Å²) in [4.78, 5) is 4.64. The third-order valence-electron chi connectivity index (χ3n) is 2.91. The Balaban J connectivity index is 1.88. The Kier molecular flexibility index (Phi) is 3.15. The molecule has 1 aliphatic rings. The lowest BCUT2D eigenvalue weighted by Crippen LogP contribution is -2.01. The van der Waals surface area contributed by atoms with Gasteiger partial charge in [-0.25, -0.2) is 4.99 Å². The number of nitrogens with zero attached hydrogens (tertiary/aromatic N) is 1. The standard InChI is InChI=1S/C15H12BrNO/c16-13-8-4-7-12(9-13)15-17-14(10-18-15)11-5-2-1-3-6-11/h1-9,14H,10H2/t14-/m0/s1. The van der Waals surface area contributed by atoms with Crippen LogP contribution >= 0.6 is 15.9 Å². The number of benzene rings is 2. The van der Waals surface area contributed by atoms with E-state index >= 15 is 0 Å². The van der Waals surface area contributed by atoms with Crippen LogP contribution in [-0.4, -0.2) is 12.5 Å². The van der Waals surface area contributed by atoms with Crippen molar-refractivity contribution in [3.05, 3.63) is 70.2 Å². The SMILES string of the molecule is Brc1cccc(C2=N[C@H](c3ccccc3)CO2)c1. The van der Waals surface area contributed by atoms with E-state index in [1.54, 1.807) is 0 Å². The summed E-state index contributed by atoms with van der Waals surface area (Å²) in [5.74, 6) is 0.727. The molecule has 90 valence electrons. The van der Waals surface area contributed by atoms with Gasteiger partial charge < -0.3 is 4.74 Å². The first-order valence-electron chi connectivity index (χ1n) is 5.84. The van der Waals surface area contributed by atoms with E-state index in [1.165, 1.54) is 5.56 Å². The summed E-state index contributed by atoms with van der Waals surface area (Å²) >= 11 is 3.46. The topological polar surface area (TPSA) is 21.6 Å². The Hall–Kier alpha value is -1.61. The molecule has 0 radical (unpaired) electrons. The predicted molar refractivity (Wildman–Crippen MR) is 75.8 cm³/mol. The van der Waals surface area contributed by atoms with Crippen molar-refractivity contribution in [3.8, 4) is 0 Å². The van der Waals surface area contributed by atoms with E-state index in [1.807, 2.05) is 42.5 Å². The van der Waals surface area contributed by atoms with E-state index < -0.39 is 0 Å². The van der Waals surface area contributed by atoms with Crippen LogP contribution in [0.3, 0.4) is 0 Å². The zero-order valence-corrected chi connectivity index (χ0v) is 11.3. The van der Waals surface area contributed by atoms with Gasteiger partial charge in [0.2, 0.25) is 5.90 Å². The first-order valence-corrected chi connectivity index (χ1v) is 6.64. The normalized spacial score (nSPS) is 18.3. The van der Waals surface area contributed by atoms with E-state index in [2.05, 4.69) is 33.1 Å². The Morgan fingerprint density at radius 1 is 1.06 bits per heavy atom. The largest absolute Gasteiger partial charge is 0.475 e. The number of rotatable bonds is 2. The zero-order valence-electron chi connectivity index (χ0n) is 9.71. The molecule has 0 amide bonds. The minimum Gasteiger partial charge on any atom is -0.475 e. The Bertz CT molecular complexity index is 580. The van der Waals surface area contributed by atoms with Crippen molar-refractivity contribution in [2.24, 2.45) is 4.99 Å². The van der Waals surface area contributed by atoms with Crippen LogP contribution in [0.1, 0.15) is 17.2 Å². The lowest BCUT2D eigenvalue weighted by Gasteiger charge is -2.03. The Morgan fingerprint density at radius 2 is 1.89 bits per heavy atom. The molecule has 0 aromatic heterocycles. The van der Waals surface area contributed by atoms with Gasteiger partial charge in [-0.2, -0.15) is 0 Å². The highest BCUT2D eigenvalue weighted by Crippen LogP contribution is 2.25. The van der Waals surface area contributed by atoms with Gasteiger partial charge in [0.15, 0.2) is 0 Å². The van der Waals surface area contributed by atoms with Crippen molar-refractivity contribution in [1.29, 1.82) is 0 Å². The molecule has 0 aliphatic carbocycles. The number of aliphatic imine (C=N–C) groups is 1. The molecule has 0 fully saturated rings. The molecule has 1 aliphatic heterocycles. The lowest BCUT2D eigenvalue weighted by molar-refractivity contribution is 0.320. The van der Waals surface area contributed by atoms with Crippen molar-refractivity contribution in [1.82, 2.24) is 0 Å². The molecule has 1 heterocycles. The molecule has 0 unspecified atom stereocenters. The molecular formula is C15H12BrNO. The second-order valence-electron chi connectivity index (χ2n) is 4.18. The van der Waals surface area contributed by atoms with E-state index in [-0.39, 0.29) is 6.04 Å². The number of hydrogen-bond donors (Lipinski definition) is 0. The summed E-state index contributed by atoms with van der Waals surface area (Å²) in [5.41, 5.74) is 2.21.